The van der Waals surface area contributed by atoms with Gasteiger partial charge < -0.3 is 10.6 Å². The van der Waals surface area contributed by atoms with Gasteiger partial charge in [-0.2, -0.15) is 0 Å². The van der Waals surface area contributed by atoms with E-state index in [0.29, 0.717) is 19.0 Å². The summed E-state index contributed by atoms with van der Waals surface area (Å²) in [7, 11) is 0. The van der Waals surface area contributed by atoms with Gasteiger partial charge in [-0.15, -0.1) is 0 Å². The zero-order valence-electron chi connectivity index (χ0n) is 11.8. The Kier molecular flexibility index (Phi) is 4.14. The van der Waals surface area contributed by atoms with E-state index in [2.05, 4.69) is 20.6 Å². The Morgan fingerprint density at radius 3 is 2.90 bits per heavy atom. The van der Waals surface area contributed by atoms with E-state index in [4.69, 9.17) is 0 Å². The van der Waals surface area contributed by atoms with Crippen molar-refractivity contribution in [2.45, 2.75) is 57.4 Å². The molecule has 1 fully saturated rings. The van der Waals surface area contributed by atoms with Crippen LogP contribution in [-0.4, -0.2) is 28.5 Å². The Morgan fingerprint density at radius 1 is 1.20 bits per heavy atom. The maximum Gasteiger partial charge on any atom is 0.221 e. The van der Waals surface area contributed by atoms with Crippen LogP contribution in [0.15, 0.2) is 6.33 Å². The number of nitrogens with one attached hydrogen (secondary N) is 2. The molecular formula is C15H22N4O. The molecule has 2 aliphatic rings. The summed E-state index contributed by atoms with van der Waals surface area (Å²) in [5, 5.41) is 6.31. The van der Waals surface area contributed by atoms with Crippen molar-refractivity contribution in [3.05, 3.63) is 17.6 Å². The van der Waals surface area contributed by atoms with Crippen molar-refractivity contribution >= 4 is 11.7 Å². The number of aromatic nitrogens is 2. The van der Waals surface area contributed by atoms with Crippen LogP contribution in [0.4, 0.5) is 5.82 Å². The number of hydrogen-bond donors (Lipinski definition) is 2. The van der Waals surface area contributed by atoms with E-state index in [1.54, 1.807) is 6.33 Å². The first kappa shape index (κ1) is 13.3. The van der Waals surface area contributed by atoms with E-state index in [1.807, 2.05) is 0 Å². The van der Waals surface area contributed by atoms with Crippen molar-refractivity contribution in [1.82, 2.24) is 15.3 Å². The monoisotopic (exact) mass is 274 g/mol. The second-order valence-corrected chi connectivity index (χ2v) is 5.73. The average Bonchev–Trinajstić information content (AvgIpc) is 3.25. The minimum absolute atomic E-state index is 0.139. The molecular weight excluding hydrogens is 252 g/mol. The number of fused-ring (bicyclic) bond motifs is 1. The predicted molar refractivity (Wildman–Crippen MR) is 77.6 cm³/mol. The predicted octanol–water partition coefficient (Wildman–Crippen LogP) is 1.83. The molecule has 5 heteroatoms. The Bertz CT molecular complexity index is 485. The zero-order chi connectivity index (χ0) is 13.8. The van der Waals surface area contributed by atoms with Gasteiger partial charge in [0.15, 0.2) is 0 Å². The topological polar surface area (TPSA) is 66.9 Å². The first-order chi connectivity index (χ1) is 9.83. The maximum absolute atomic E-state index is 11.6. The van der Waals surface area contributed by atoms with Crippen LogP contribution in [0.5, 0.6) is 0 Å². The first-order valence-electron chi connectivity index (χ1n) is 7.69. The maximum atomic E-state index is 11.6. The standard InChI is InChI=1S/C15H22N4O/c20-14(19-11-6-7-11)8-9-16-15-12-4-2-1-3-5-13(12)17-10-18-15/h10-11H,1-9H2,(H,19,20)(H,16,17,18). The van der Waals surface area contributed by atoms with Crippen molar-refractivity contribution in [2.24, 2.45) is 0 Å². The highest BCUT2D eigenvalue weighted by atomic mass is 16.1. The molecule has 0 bridgehead atoms. The number of amides is 1. The smallest absolute Gasteiger partial charge is 0.221 e. The van der Waals surface area contributed by atoms with Crippen molar-refractivity contribution in [1.29, 1.82) is 0 Å². The van der Waals surface area contributed by atoms with Crippen molar-refractivity contribution in [3.63, 3.8) is 0 Å². The molecule has 20 heavy (non-hydrogen) atoms. The minimum Gasteiger partial charge on any atom is -0.369 e. The summed E-state index contributed by atoms with van der Waals surface area (Å²) >= 11 is 0. The number of carbonyl (C=O) groups is 1. The van der Waals surface area contributed by atoms with Crippen LogP contribution in [0, 0.1) is 0 Å². The molecule has 0 aliphatic heterocycles. The molecule has 1 aromatic rings. The van der Waals surface area contributed by atoms with Gasteiger partial charge in [0.05, 0.1) is 0 Å². The lowest BCUT2D eigenvalue weighted by Crippen LogP contribution is -2.27. The fourth-order valence-electron chi connectivity index (χ4n) is 2.67. The molecule has 0 saturated heterocycles. The molecule has 1 amide bonds. The van der Waals surface area contributed by atoms with Crippen LogP contribution in [0.1, 0.15) is 49.8 Å². The molecule has 0 spiro atoms. The Labute approximate surface area is 119 Å². The van der Waals surface area contributed by atoms with Gasteiger partial charge in [0.25, 0.3) is 0 Å². The van der Waals surface area contributed by atoms with Crippen LogP contribution in [0.3, 0.4) is 0 Å². The van der Waals surface area contributed by atoms with Crippen molar-refractivity contribution in [3.8, 4) is 0 Å². The van der Waals surface area contributed by atoms with E-state index in [1.165, 1.54) is 30.5 Å². The molecule has 0 atom stereocenters. The van der Waals surface area contributed by atoms with Gasteiger partial charge in [-0.1, -0.05) is 6.42 Å². The Morgan fingerprint density at radius 2 is 2.05 bits per heavy atom. The fraction of sp³-hybridized carbons (Fsp3) is 0.667. The summed E-state index contributed by atoms with van der Waals surface area (Å²) in [4.78, 5) is 20.4. The fourth-order valence-corrected chi connectivity index (χ4v) is 2.67. The summed E-state index contributed by atoms with van der Waals surface area (Å²) < 4.78 is 0. The van der Waals surface area contributed by atoms with Crippen LogP contribution in [0.2, 0.25) is 0 Å². The number of nitrogens with zero attached hydrogens (tertiary/aromatic N) is 2. The summed E-state index contributed by atoms with van der Waals surface area (Å²) in [5.74, 6) is 1.07. The SMILES string of the molecule is O=C(CCNc1ncnc2c1CCCCC2)NC1CC1. The summed E-state index contributed by atoms with van der Waals surface area (Å²) in [6.45, 7) is 0.641. The third-order valence-corrected chi connectivity index (χ3v) is 3.96. The van der Waals surface area contributed by atoms with E-state index in [-0.39, 0.29) is 5.91 Å². The van der Waals surface area contributed by atoms with Gasteiger partial charge in [0, 0.05) is 30.3 Å². The molecule has 5 nitrogen and oxygen atoms in total. The highest BCUT2D eigenvalue weighted by molar-refractivity contribution is 5.77. The molecule has 2 aliphatic carbocycles. The van der Waals surface area contributed by atoms with Gasteiger partial charge in [0.1, 0.15) is 12.1 Å². The largest absolute Gasteiger partial charge is 0.369 e. The minimum atomic E-state index is 0.139. The first-order valence-corrected chi connectivity index (χ1v) is 7.69. The number of anilines is 1. The third kappa shape index (κ3) is 3.46. The summed E-state index contributed by atoms with van der Waals surface area (Å²) in [6, 6.07) is 0.442. The lowest BCUT2D eigenvalue weighted by molar-refractivity contribution is -0.120. The van der Waals surface area contributed by atoms with Crippen LogP contribution >= 0.6 is 0 Å². The Hall–Kier alpha value is -1.65. The highest BCUT2D eigenvalue weighted by Crippen LogP contribution is 2.23. The summed E-state index contributed by atoms with van der Waals surface area (Å²) in [5.41, 5.74) is 2.44. The van der Waals surface area contributed by atoms with Crippen molar-refractivity contribution in [2.75, 3.05) is 11.9 Å². The molecule has 3 rings (SSSR count). The van der Waals surface area contributed by atoms with E-state index < -0.39 is 0 Å². The molecule has 0 unspecified atom stereocenters. The zero-order valence-corrected chi connectivity index (χ0v) is 11.8. The van der Waals surface area contributed by atoms with Crippen LogP contribution in [0.25, 0.3) is 0 Å². The lowest BCUT2D eigenvalue weighted by atomic mass is 10.1. The molecule has 0 aromatic carbocycles. The van der Waals surface area contributed by atoms with E-state index in [9.17, 15) is 4.79 Å². The van der Waals surface area contributed by atoms with E-state index >= 15 is 0 Å². The lowest BCUT2D eigenvalue weighted by Gasteiger charge is -2.12. The van der Waals surface area contributed by atoms with E-state index in [0.717, 1.165) is 31.5 Å². The third-order valence-electron chi connectivity index (χ3n) is 3.96. The molecule has 1 aromatic heterocycles. The number of rotatable bonds is 5. The molecule has 1 heterocycles. The Balaban J connectivity index is 1.55. The number of aryl methyl sites for hydroxylation is 1. The average molecular weight is 274 g/mol. The number of hydrogen-bond acceptors (Lipinski definition) is 4. The van der Waals surface area contributed by atoms with Crippen molar-refractivity contribution < 1.29 is 4.79 Å². The van der Waals surface area contributed by atoms with Gasteiger partial charge in [0.2, 0.25) is 5.91 Å². The van der Waals surface area contributed by atoms with Gasteiger partial charge in [-0.05, 0) is 38.5 Å². The van der Waals surface area contributed by atoms with Gasteiger partial charge >= 0.3 is 0 Å². The second kappa shape index (κ2) is 6.20. The van der Waals surface area contributed by atoms with Gasteiger partial charge in [-0.3, -0.25) is 4.79 Å². The second-order valence-electron chi connectivity index (χ2n) is 5.73. The number of carbonyl (C=O) groups excluding carboxylic acids is 1. The highest BCUT2D eigenvalue weighted by Gasteiger charge is 2.22. The molecule has 0 radical (unpaired) electrons. The van der Waals surface area contributed by atoms with Crippen LogP contribution < -0.4 is 10.6 Å². The van der Waals surface area contributed by atoms with Crippen LogP contribution in [-0.2, 0) is 17.6 Å². The van der Waals surface area contributed by atoms with Gasteiger partial charge in [-0.25, -0.2) is 9.97 Å². The molecule has 108 valence electrons. The normalized spacial score (nSPS) is 18.0. The summed E-state index contributed by atoms with van der Waals surface area (Å²) in [6.07, 6.45) is 10.2. The quantitative estimate of drug-likeness (QED) is 0.804. The molecule has 2 N–H and O–H groups in total. The molecule has 1 saturated carbocycles.